The quantitative estimate of drug-likeness (QED) is 0.0420. The Morgan fingerprint density at radius 2 is 0.980 bits per heavy atom. The zero-order valence-electron chi connectivity index (χ0n) is 33.7. The van der Waals surface area contributed by atoms with Crippen molar-refractivity contribution in [2.45, 2.75) is 163 Å². The van der Waals surface area contributed by atoms with Crippen LogP contribution in [0.4, 0.5) is 0 Å². The molecule has 0 radical (unpaired) electrons. The summed E-state index contributed by atoms with van der Waals surface area (Å²) < 4.78 is 16.4. The maximum atomic E-state index is 9.31. The van der Waals surface area contributed by atoms with Crippen LogP contribution in [-0.2, 0) is 14.2 Å². The largest absolute Gasteiger partial charge is 0.396 e. The summed E-state index contributed by atoms with van der Waals surface area (Å²) in [4.78, 5) is 0. The third kappa shape index (κ3) is 30.1. The highest BCUT2D eigenvalue weighted by atomic mass is 16.5. The average molecular weight is 723 g/mol. The van der Waals surface area contributed by atoms with Gasteiger partial charge in [-0.2, -0.15) is 0 Å². The van der Waals surface area contributed by atoms with Crippen molar-refractivity contribution in [1.29, 1.82) is 0 Å². The molecule has 0 bridgehead atoms. The Morgan fingerprint density at radius 3 is 1.36 bits per heavy atom. The van der Waals surface area contributed by atoms with Gasteiger partial charge in [0.15, 0.2) is 0 Å². The van der Waals surface area contributed by atoms with Gasteiger partial charge in [0, 0.05) is 30.7 Å². The molecule has 50 heavy (non-hydrogen) atoms. The lowest BCUT2D eigenvalue weighted by atomic mass is 9.86. The van der Waals surface area contributed by atoms with Gasteiger partial charge in [-0.15, -0.1) is 0 Å². The second-order valence-corrected chi connectivity index (χ2v) is 15.8. The monoisotopic (exact) mass is 723 g/mol. The molecule has 0 saturated heterocycles. The SMILES string of the molecule is CC(C)CCCCCOCC(O)CO.CCC(CO)(CO)COCCCCC1CCCCC1.CCC(CO)(CO)COCCCCCC(C)C. The van der Waals surface area contributed by atoms with Gasteiger partial charge in [0.1, 0.15) is 6.10 Å². The normalized spacial score (nSPS) is 14.8. The summed E-state index contributed by atoms with van der Waals surface area (Å²) in [5, 5.41) is 54.6. The Labute approximate surface area is 308 Å². The number of aliphatic hydroxyl groups excluding tert-OH is 6. The van der Waals surface area contributed by atoms with Crippen molar-refractivity contribution in [2.24, 2.45) is 28.6 Å². The van der Waals surface area contributed by atoms with Crippen LogP contribution in [-0.4, -0.2) is 109 Å². The maximum Gasteiger partial charge on any atom is 0.100 e. The fourth-order valence-electron chi connectivity index (χ4n) is 5.76. The summed E-state index contributed by atoms with van der Waals surface area (Å²) in [6, 6.07) is 0. The molecule has 1 aliphatic rings. The van der Waals surface area contributed by atoms with E-state index in [4.69, 9.17) is 24.4 Å². The Hall–Kier alpha value is -0.360. The predicted molar refractivity (Wildman–Crippen MR) is 206 cm³/mol. The minimum Gasteiger partial charge on any atom is -0.396 e. The number of rotatable bonds is 30. The van der Waals surface area contributed by atoms with Crippen molar-refractivity contribution in [3.05, 3.63) is 0 Å². The van der Waals surface area contributed by atoms with Crippen LogP contribution >= 0.6 is 0 Å². The van der Waals surface area contributed by atoms with E-state index < -0.39 is 16.9 Å². The van der Waals surface area contributed by atoms with E-state index in [1.807, 2.05) is 13.8 Å². The lowest BCUT2D eigenvalue weighted by molar-refractivity contribution is -0.0308. The summed E-state index contributed by atoms with van der Waals surface area (Å²) in [5.41, 5.74) is -0.888. The summed E-state index contributed by atoms with van der Waals surface area (Å²) in [6.07, 6.45) is 21.2. The molecule has 0 heterocycles. The molecule has 9 heteroatoms. The second kappa shape index (κ2) is 35.7. The summed E-state index contributed by atoms with van der Waals surface area (Å²) in [7, 11) is 0. The van der Waals surface area contributed by atoms with Crippen LogP contribution < -0.4 is 0 Å². The van der Waals surface area contributed by atoms with E-state index in [0.717, 1.165) is 63.1 Å². The van der Waals surface area contributed by atoms with E-state index in [2.05, 4.69) is 27.7 Å². The fraction of sp³-hybridized carbons (Fsp3) is 1.00. The first-order valence-electron chi connectivity index (χ1n) is 20.5. The van der Waals surface area contributed by atoms with Crippen molar-refractivity contribution < 1.29 is 44.8 Å². The van der Waals surface area contributed by atoms with Gasteiger partial charge < -0.3 is 44.8 Å². The molecule has 0 aromatic rings. The van der Waals surface area contributed by atoms with Gasteiger partial charge in [-0.3, -0.25) is 0 Å². The highest BCUT2D eigenvalue weighted by molar-refractivity contribution is 4.76. The molecule has 0 amide bonds. The van der Waals surface area contributed by atoms with Crippen LogP contribution in [0, 0.1) is 28.6 Å². The third-order valence-electron chi connectivity index (χ3n) is 10.2. The first-order chi connectivity index (χ1) is 24.0. The molecular formula is C41H86O9. The lowest BCUT2D eigenvalue weighted by Gasteiger charge is -2.28. The molecule has 1 rings (SSSR count). The molecule has 1 fully saturated rings. The molecule has 0 aliphatic heterocycles. The van der Waals surface area contributed by atoms with Crippen LogP contribution in [0.5, 0.6) is 0 Å². The van der Waals surface area contributed by atoms with Gasteiger partial charge in [0.2, 0.25) is 0 Å². The molecular weight excluding hydrogens is 636 g/mol. The predicted octanol–water partition coefficient (Wildman–Crippen LogP) is 7.31. The van der Waals surface area contributed by atoms with E-state index in [-0.39, 0.29) is 39.6 Å². The molecule has 0 spiro atoms. The second-order valence-electron chi connectivity index (χ2n) is 15.8. The van der Waals surface area contributed by atoms with Crippen molar-refractivity contribution in [1.82, 2.24) is 0 Å². The van der Waals surface area contributed by atoms with Gasteiger partial charge in [-0.1, -0.05) is 125 Å². The van der Waals surface area contributed by atoms with Crippen LogP contribution in [0.25, 0.3) is 0 Å². The lowest BCUT2D eigenvalue weighted by Crippen LogP contribution is -2.34. The molecule has 1 saturated carbocycles. The van der Waals surface area contributed by atoms with Gasteiger partial charge in [0.05, 0.1) is 52.9 Å². The Morgan fingerprint density at radius 1 is 0.560 bits per heavy atom. The standard InChI is InChI=1S/C16H32O3.C14H30O3.C11H24O3/c1-2-16(12-17,13-18)14-19-11-7-6-10-15-8-4-3-5-9-15;1-4-14(10-15,11-16)12-17-9-7-5-6-8-13(2)3;1-10(2)6-4-3-5-7-14-9-11(13)8-12/h15,17-18H,2-14H2,1H3;13,15-16H,4-12H2,1-3H3;10-13H,3-9H2,1-2H3. The van der Waals surface area contributed by atoms with E-state index >= 15 is 0 Å². The highest BCUT2D eigenvalue weighted by Gasteiger charge is 2.27. The number of unbranched alkanes of at least 4 members (excludes halogenated alkanes) is 5. The molecule has 0 aromatic heterocycles. The highest BCUT2D eigenvalue weighted by Crippen LogP contribution is 2.28. The van der Waals surface area contributed by atoms with E-state index in [9.17, 15) is 20.4 Å². The molecule has 1 atom stereocenters. The first kappa shape index (κ1) is 51.7. The average Bonchev–Trinajstić information content (AvgIpc) is 3.13. The van der Waals surface area contributed by atoms with Crippen molar-refractivity contribution in [3.8, 4) is 0 Å². The van der Waals surface area contributed by atoms with Crippen LogP contribution in [0.15, 0.2) is 0 Å². The minimum absolute atomic E-state index is 0.00206. The zero-order chi connectivity index (χ0) is 37.9. The Balaban J connectivity index is 0. The molecule has 304 valence electrons. The maximum absolute atomic E-state index is 9.31. The minimum atomic E-state index is -0.717. The van der Waals surface area contributed by atoms with Crippen molar-refractivity contribution in [2.75, 3.05) is 72.7 Å². The first-order valence-corrected chi connectivity index (χ1v) is 20.5. The summed E-state index contributed by atoms with van der Waals surface area (Å²) >= 11 is 0. The van der Waals surface area contributed by atoms with Crippen molar-refractivity contribution in [3.63, 3.8) is 0 Å². The van der Waals surface area contributed by atoms with Crippen LogP contribution in [0.2, 0.25) is 0 Å². The van der Waals surface area contributed by atoms with Crippen LogP contribution in [0.3, 0.4) is 0 Å². The summed E-state index contributed by atoms with van der Waals surface area (Å²) in [6.45, 7) is 16.0. The van der Waals surface area contributed by atoms with Crippen LogP contribution in [0.1, 0.15) is 157 Å². The van der Waals surface area contributed by atoms with Crippen molar-refractivity contribution >= 4 is 0 Å². The number of hydrogen-bond acceptors (Lipinski definition) is 9. The molecule has 6 N–H and O–H groups in total. The molecule has 1 aliphatic carbocycles. The molecule has 1 unspecified atom stereocenters. The Kier molecular flexibility index (Phi) is 36.9. The van der Waals surface area contributed by atoms with Gasteiger partial charge in [0.25, 0.3) is 0 Å². The fourth-order valence-corrected chi connectivity index (χ4v) is 5.76. The third-order valence-corrected chi connectivity index (χ3v) is 10.2. The summed E-state index contributed by atoms with van der Waals surface area (Å²) in [5.74, 6) is 2.53. The zero-order valence-corrected chi connectivity index (χ0v) is 33.7. The molecule has 9 nitrogen and oxygen atoms in total. The van der Waals surface area contributed by atoms with Gasteiger partial charge in [-0.05, 0) is 49.9 Å². The molecule has 0 aromatic carbocycles. The van der Waals surface area contributed by atoms with E-state index in [1.54, 1.807) is 0 Å². The number of hydrogen-bond donors (Lipinski definition) is 6. The number of ether oxygens (including phenoxy) is 3. The number of aliphatic hydroxyl groups is 6. The van der Waals surface area contributed by atoms with E-state index in [0.29, 0.717) is 19.8 Å². The topological polar surface area (TPSA) is 149 Å². The smallest absolute Gasteiger partial charge is 0.100 e. The van der Waals surface area contributed by atoms with E-state index in [1.165, 1.54) is 83.5 Å². The van der Waals surface area contributed by atoms with Gasteiger partial charge >= 0.3 is 0 Å². The Bertz CT molecular complexity index is 646. The van der Waals surface area contributed by atoms with Gasteiger partial charge in [-0.25, -0.2) is 0 Å².